The van der Waals surface area contributed by atoms with Crippen molar-refractivity contribution in [1.82, 2.24) is 0 Å². The lowest BCUT2D eigenvalue weighted by molar-refractivity contribution is -0.384. The molecule has 0 fully saturated rings. The summed E-state index contributed by atoms with van der Waals surface area (Å²) < 4.78 is 0. The number of hydrogen-bond acceptors (Lipinski definition) is 4. The van der Waals surface area contributed by atoms with Crippen molar-refractivity contribution in [2.75, 3.05) is 0 Å². The highest BCUT2D eigenvalue weighted by atomic mass is 32.2. The van der Waals surface area contributed by atoms with E-state index in [4.69, 9.17) is 5.73 Å². The quantitative estimate of drug-likeness (QED) is 0.680. The molecule has 2 N–H and O–H groups in total. The van der Waals surface area contributed by atoms with Gasteiger partial charge < -0.3 is 5.73 Å². The Morgan fingerprint density at radius 3 is 1.95 bits per heavy atom. The van der Waals surface area contributed by atoms with E-state index in [0.29, 0.717) is 0 Å². The highest BCUT2D eigenvalue weighted by Crippen LogP contribution is 2.29. The van der Waals surface area contributed by atoms with Gasteiger partial charge in [0.2, 0.25) is 0 Å². The minimum atomic E-state index is -0.397. The molecule has 2 aromatic rings. The zero-order chi connectivity index (χ0) is 13.8. The highest BCUT2D eigenvalue weighted by molar-refractivity contribution is 7.99. The molecule has 5 heteroatoms. The Morgan fingerprint density at radius 1 is 1.05 bits per heavy atom. The van der Waals surface area contributed by atoms with Crippen LogP contribution >= 0.6 is 11.8 Å². The van der Waals surface area contributed by atoms with Crippen LogP contribution in [0.1, 0.15) is 18.5 Å². The molecule has 98 valence electrons. The zero-order valence-electron chi connectivity index (χ0n) is 10.4. The Bertz CT molecular complexity index is 565. The van der Waals surface area contributed by atoms with Gasteiger partial charge in [0, 0.05) is 28.0 Å². The number of nitrogens with zero attached hydrogens (tertiary/aromatic N) is 1. The normalized spacial score (nSPS) is 12.1. The van der Waals surface area contributed by atoms with Crippen molar-refractivity contribution in [3.05, 3.63) is 64.2 Å². The van der Waals surface area contributed by atoms with Gasteiger partial charge in [-0.25, -0.2) is 0 Å². The van der Waals surface area contributed by atoms with Gasteiger partial charge in [-0.2, -0.15) is 0 Å². The lowest BCUT2D eigenvalue weighted by atomic mass is 10.1. The number of nitrogens with two attached hydrogens (primary N) is 1. The first-order valence-corrected chi connectivity index (χ1v) is 6.66. The average Bonchev–Trinajstić information content (AvgIpc) is 2.40. The van der Waals surface area contributed by atoms with Crippen LogP contribution in [0.25, 0.3) is 0 Å². The molecule has 0 bridgehead atoms. The van der Waals surface area contributed by atoms with Crippen LogP contribution in [-0.4, -0.2) is 4.92 Å². The molecule has 0 spiro atoms. The maximum Gasteiger partial charge on any atom is 0.269 e. The van der Waals surface area contributed by atoms with Crippen LogP contribution in [0, 0.1) is 10.1 Å². The van der Waals surface area contributed by atoms with Crippen LogP contribution in [0.3, 0.4) is 0 Å². The first-order chi connectivity index (χ1) is 9.06. The summed E-state index contributed by atoms with van der Waals surface area (Å²) in [6, 6.07) is 14.6. The third kappa shape index (κ3) is 3.56. The molecule has 0 aliphatic rings. The summed E-state index contributed by atoms with van der Waals surface area (Å²) in [5, 5.41) is 10.6. The first kappa shape index (κ1) is 13.6. The Hall–Kier alpha value is -1.85. The van der Waals surface area contributed by atoms with Crippen LogP contribution in [0.2, 0.25) is 0 Å². The SMILES string of the molecule is C[C@H](N)c1ccc(Sc2ccc([N+](=O)[O-])cc2)cc1. The van der Waals surface area contributed by atoms with Crippen molar-refractivity contribution in [3.63, 3.8) is 0 Å². The summed E-state index contributed by atoms with van der Waals surface area (Å²) in [4.78, 5) is 12.2. The van der Waals surface area contributed by atoms with Crippen molar-refractivity contribution in [2.45, 2.75) is 22.8 Å². The van der Waals surface area contributed by atoms with Gasteiger partial charge in [0.1, 0.15) is 0 Å². The van der Waals surface area contributed by atoms with Crippen molar-refractivity contribution in [3.8, 4) is 0 Å². The van der Waals surface area contributed by atoms with Gasteiger partial charge in [0.25, 0.3) is 5.69 Å². The van der Waals surface area contributed by atoms with E-state index in [1.165, 1.54) is 12.1 Å². The summed E-state index contributed by atoms with van der Waals surface area (Å²) in [6.45, 7) is 1.94. The molecule has 1 atom stereocenters. The average molecular weight is 274 g/mol. The van der Waals surface area contributed by atoms with E-state index in [-0.39, 0.29) is 11.7 Å². The third-order valence-corrected chi connectivity index (χ3v) is 3.70. The smallest absolute Gasteiger partial charge is 0.269 e. The molecule has 0 amide bonds. The van der Waals surface area contributed by atoms with E-state index in [1.807, 2.05) is 31.2 Å². The summed E-state index contributed by atoms with van der Waals surface area (Å²) in [5.74, 6) is 0. The molecule has 0 saturated carbocycles. The molecule has 0 heterocycles. The second kappa shape index (κ2) is 5.86. The Balaban J connectivity index is 2.10. The summed E-state index contributed by atoms with van der Waals surface area (Å²) >= 11 is 1.57. The van der Waals surface area contributed by atoms with Crippen LogP contribution in [0.15, 0.2) is 58.3 Å². The van der Waals surface area contributed by atoms with Crippen molar-refractivity contribution >= 4 is 17.4 Å². The Morgan fingerprint density at radius 2 is 1.53 bits per heavy atom. The summed E-state index contributed by atoms with van der Waals surface area (Å²) in [6.07, 6.45) is 0. The lowest BCUT2D eigenvalue weighted by Crippen LogP contribution is -2.04. The lowest BCUT2D eigenvalue weighted by Gasteiger charge is -2.06. The zero-order valence-corrected chi connectivity index (χ0v) is 11.3. The van der Waals surface area contributed by atoms with Gasteiger partial charge >= 0.3 is 0 Å². The van der Waals surface area contributed by atoms with Gasteiger partial charge in [-0.05, 0) is 36.8 Å². The van der Waals surface area contributed by atoms with Crippen molar-refractivity contribution < 1.29 is 4.92 Å². The fraction of sp³-hybridized carbons (Fsp3) is 0.143. The van der Waals surface area contributed by atoms with Gasteiger partial charge in [0.15, 0.2) is 0 Å². The standard InChI is InChI=1S/C14H14N2O2S/c1-10(15)11-2-6-13(7-3-11)19-14-8-4-12(5-9-14)16(17)18/h2-10H,15H2,1H3/t10-/m0/s1. The van der Waals surface area contributed by atoms with E-state index in [1.54, 1.807) is 23.9 Å². The van der Waals surface area contributed by atoms with Gasteiger partial charge in [-0.15, -0.1) is 0 Å². The van der Waals surface area contributed by atoms with E-state index >= 15 is 0 Å². The van der Waals surface area contributed by atoms with Gasteiger partial charge in [-0.3, -0.25) is 10.1 Å². The fourth-order valence-electron chi connectivity index (χ4n) is 1.61. The molecule has 0 radical (unpaired) electrons. The summed E-state index contributed by atoms with van der Waals surface area (Å²) in [5.41, 5.74) is 6.99. The number of hydrogen-bond donors (Lipinski definition) is 1. The highest BCUT2D eigenvalue weighted by Gasteiger charge is 2.05. The molecule has 0 aliphatic heterocycles. The molecular weight excluding hydrogens is 260 g/mol. The monoisotopic (exact) mass is 274 g/mol. The Kier molecular flexibility index (Phi) is 4.19. The molecule has 0 aromatic heterocycles. The molecule has 2 aromatic carbocycles. The number of nitro benzene ring substituents is 1. The minimum Gasteiger partial charge on any atom is -0.324 e. The molecule has 19 heavy (non-hydrogen) atoms. The molecule has 0 saturated heterocycles. The van der Waals surface area contributed by atoms with E-state index in [2.05, 4.69) is 0 Å². The molecule has 0 unspecified atom stereocenters. The van der Waals surface area contributed by atoms with E-state index in [0.717, 1.165) is 15.4 Å². The van der Waals surface area contributed by atoms with Crippen LogP contribution in [0.5, 0.6) is 0 Å². The fourth-order valence-corrected chi connectivity index (χ4v) is 2.43. The summed E-state index contributed by atoms with van der Waals surface area (Å²) in [7, 11) is 0. The Labute approximate surface area is 115 Å². The van der Waals surface area contributed by atoms with Crippen LogP contribution in [-0.2, 0) is 0 Å². The minimum absolute atomic E-state index is 0.0263. The number of nitro groups is 1. The van der Waals surface area contributed by atoms with Crippen molar-refractivity contribution in [1.29, 1.82) is 0 Å². The number of benzene rings is 2. The molecule has 2 rings (SSSR count). The topological polar surface area (TPSA) is 69.2 Å². The molecule has 0 aliphatic carbocycles. The maximum atomic E-state index is 10.6. The second-order valence-corrected chi connectivity index (χ2v) is 5.36. The largest absolute Gasteiger partial charge is 0.324 e. The maximum absolute atomic E-state index is 10.6. The molecular formula is C14H14N2O2S. The van der Waals surface area contributed by atoms with Gasteiger partial charge in [0.05, 0.1) is 4.92 Å². The third-order valence-electron chi connectivity index (χ3n) is 2.69. The predicted octanol–water partition coefficient (Wildman–Crippen LogP) is 3.77. The second-order valence-electron chi connectivity index (χ2n) is 4.21. The van der Waals surface area contributed by atoms with Crippen molar-refractivity contribution in [2.24, 2.45) is 5.73 Å². The van der Waals surface area contributed by atoms with Gasteiger partial charge in [-0.1, -0.05) is 23.9 Å². The van der Waals surface area contributed by atoms with Crippen LogP contribution in [0.4, 0.5) is 5.69 Å². The number of non-ortho nitro benzene ring substituents is 1. The molecule has 4 nitrogen and oxygen atoms in total. The first-order valence-electron chi connectivity index (χ1n) is 5.84. The number of rotatable bonds is 4. The van der Waals surface area contributed by atoms with E-state index in [9.17, 15) is 10.1 Å². The predicted molar refractivity (Wildman–Crippen MR) is 76.3 cm³/mol. The van der Waals surface area contributed by atoms with Crippen LogP contribution < -0.4 is 5.73 Å². The van der Waals surface area contributed by atoms with E-state index < -0.39 is 4.92 Å².